The summed E-state index contributed by atoms with van der Waals surface area (Å²) in [7, 11) is 1.43. The molecular formula is C28H38N2O8. The summed E-state index contributed by atoms with van der Waals surface area (Å²) in [6.07, 6.45) is 4.06. The Morgan fingerprint density at radius 3 is 2.34 bits per heavy atom. The molecule has 0 aromatic rings. The van der Waals surface area contributed by atoms with Gasteiger partial charge in [0.15, 0.2) is 5.78 Å². The lowest BCUT2D eigenvalue weighted by Gasteiger charge is -2.31. The Hall–Kier alpha value is -3.34. The fourth-order valence-corrected chi connectivity index (χ4v) is 4.57. The molecule has 0 spiro atoms. The van der Waals surface area contributed by atoms with E-state index in [1.54, 1.807) is 45.9 Å². The van der Waals surface area contributed by atoms with E-state index in [1.807, 2.05) is 0 Å². The molecule has 208 valence electrons. The number of aliphatic hydroxyl groups excluding tert-OH is 2. The van der Waals surface area contributed by atoms with E-state index in [1.165, 1.54) is 20.1 Å². The number of fused-ring (bicyclic) bond motifs is 2. The highest BCUT2D eigenvalue weighted by molar-refractivity contribution is 6.22. The minimum absolute atomic E-state index is 0.145. The molecule has 0 radical (unpaired) electrons. The van der Waals surface area contributed by atoms with Crippen LogP contribution < -0.4 is 11.1 Å². The summed E-state index contributed by atoms with van der Waals surface area (Å²) in [5, 5.41) is 24.5. The highest BCUT2D eigenvalue weighted by Gasteiger charge is 2.34. The molecule has 5 N–H and O–H groups in total. The second kappa shape index (κ2) is 13.5. The molecule has 2 rings (SSSR count). The number of methoxy groups -OCH3 is 1. The van der Waals surface area contributed by atoms with Gasteiger partial charge in [-0.3, -0.25) is 14.4 Å². The minimum Gasteiger partial charge on any atom is -0.441 e. The first-order valence-corrected chi connectivity index (χ1v) is 12.5. The van der Waals surface area contributed by atoms with E-state index in [4.69, 9.17) is 15.2 Å². The van der Waals surface area contributed by atoms with Gasteiger partial charge in [0.2, 0.25) is 5.78 Å². The zero-order valence-corrected chi connectivity index (χ0v) is 22.6. The van der Waals surface area contributed by atoms with Gasteiger partial charge < -0.3 is 30.7 Å². The van der Waals surface area contributed by atoms with Crippen molar-refractivity contribution >= 4 is 23.6 Å². The number of primary amides is 1. The lowest BCUT2D eigenvalue weighted by Crippen LogP contribution is -2.39. The van der Waals surface area contributed by atoms with E-state index < -0.39 is 59.8 Å². The smallest absolute Gasteiger partial charge is 0.405 e. The molecule has 2 aliphatic rings. The monoisotopic (exact) mass is 530 g/mol. The van der Waals surface area contributed by atoms with E-state index in [2.05, 4.69) is 5.32 Å². The van der Waals surface area contributed by atoms with Gasteiger partial charge in [0.25, 0.3) is 5.91 Å². The van der Waals surface area contributed by atoms with Crippen molar-refractivity contribution in [1.82, 2.24) is 5.32 Å². The number of rotatable bonds is 2. The standard InChI is InChI=1S/C28H38N2O8/c1-14-8-7-9-15(2)27(35)30-21-13-19(31)12-20(25(21)34)23(32)17(4)11-22(37-6)24(33)16(3)10-18(5)26(14)38-28(29)36/h7-10,12-14,16-17,22-24,26,32-33H,11H2,1-6H3,(H2,29,36)(H,30,35)/b8-7-,15-9+,18-10+/t14-,16-,17-,22-,23+,24+,26+/m0/s1. The Morgan fingerprint density at radius 1 is 1.08 bits per heavy atom. The highest BCUT2D eigenvalue weighted by atomic mass is 16.6. The van der Waals surface area contributed by atoms with Crippen LogP contribution in [-0.4, -0.2) is 65.3 Å². The Morgan fingerprint density at radius 2 is 1.74 bits per heavy atom. The van der Waals surface area contributed by atoms with Crippen molar-refractivity contribution in [3.63, 3.8) is 0 Å². The summed E-state index contributed by atoms with van der Waals surface area (Å²) in [5.74, 6) is -3.20. The Balaban J connectivity index is 2.55. The molecule has 0 saturated heterocycles. The first-order valence-electron chi connectivity index (χ1n) is 12.5. The average Bonchev–Trinajstić information content (AvgIpc) is 2.85. The number of hydrogen-bond acceptors (Lipinski definition) is 8. The molecule has 1 aliphatic carbocycles. The molecule has 10 nitrogen and oxygen atoms in total. The molecule has 0 unspecified atom stereocenters. The summed E-state index contributed by atoms with van der Waals surface area (Å²) in [4.78, 5) is 49.7. The number of carbonyl (C=O) groups is 4. The Bertz CT molecular complexity index is 1100. The Labute approximate surface area is 222 Å². The number of allylic oxidation sites excluding steroid dienone is 5. The third-order valence-corrected chi connectivity index (χ3v) is 6.84. The van der Waals surface area contributed by atoms with Crippen molar-refractivity contribution in [3.8, 4) is 0 Å². The number of ketones is 2. The van der Waals surface area contributed by atoms with Crippen molar-refractivity contribution in [2.75, 3.05) is 7.11 Å². The van der Waals surface area contributed by atoms with Crippen molar-refractivity contribution in [2.24, 2.45) is 23.5 Å². The van der Waals surface area contributed by atoms with Crippen LogP contribution in [0.15, 0.2) is 58.9 Å². The molecule has 0 saturated carbocycles. The zero-order chi connectivity index (χ0) is 28.7. The SMILES string of the molecule is CO[C@H]1C[C@H](C)[C@@H](O)C2=CC(=O)C=C(NC(=O)/C(C)=C/C=C\[C@H](C)[C@@H](OC(N)=O)/C(C)=C/[C@H](C)[C@H]1O)C2=O. The van der Waals surface area contributed by atoms with Gasteiger partial charge in [-0.05, 0) is 37.8 Å². The van der Waals surface area contributed by atoms with Gasteiger partial charge >= 0.3 is 6.09 Å². The normalized spacial score (nSPS) is 35.6. The third kappa shape index (κ3) is 7.83. The molecular weight excluding hydrogens is 492 g/mol. The Kier molecular flexibility index (Phi) is 10.9. The van der Waals surface area contributed by atoms with E-state index >= 15 is 0 Å². The molecule has 0 aromatic heterocycles. The molecule has 0 fully saturated rings. The molecule has 1 aliphatic heterocycles. The van der Waals surface area contributed by atoms with Gasteiger partial charge in [-0.15, -0.1) is 0 Å². The van der Waals surface area contributed by atoms with Crippen LogP contribution in [-0.2, 0) is 23.9 Å². The van der Waals surface area contributed by atoms with Crippen molar-refractivity contribution in [3.05, 3.63) is 58.9 Å². The number of nitrogens with two attached hydrogens (primary N) is 1. The average molecular weight is 531 g/mol. The van der Waals surface area contributed by atoms with Gasteiger partial charge in [-0.25, -0.2) is 4.79 Å². The maximum absolute atomic E-state index is 13.1. The van der Waals surface area contributed by atoms with Gasteiger partial charge in [-0.1, -0.05) is 45.1 Å². The van der Waals surface area contributed by atoms with Crippen molar-refractivity contribution < 1.29 is 38.9 Å². The lowest BCUT2D eigenvalue weighted by atomic mass is 9.84. The predicted octanol–water partition coefficient (Wildman–Crippen LogP) is 2.03. The number of Topliss-reactive ketones (excluding diaryl/α,β-unsaturated/α-hetero) is 1. The highest BCUT2D eigenvalue weighted by Crippen LogP contribution is 2.28. The summed E-state index contributed by atoms with van der Waals surface area (Å²) >= 11 is 0. The van der Waals surface area contributed by atoms with E-state index in [-0.39, 0.29) is 29.2 Å². The van der Waals surface area contributed by atoms with Crippen LogP contribution in [0, 0.1) is 17.8 Å². The molecule has 1 heterocycles. The van der Waals surface area contributed by atoms with E-state index in [0.29, 0.717) is 5.57 Å². The topological polar surface area (TPSA) is 165 Å². The number of nitrogens with one attached hydrogen (secondary N) is 1. The zero-order valence-electron chi connectivity index (χ0n) is 22.6. The third-order valence-electron chi connectivity index (χ3n) is 6.84. The quantitative estimate of drug-likeness (QED) is 0.311. The second-order valence-electron chi connectivity index (χ2n) is 9.99. The fourth-order valence-electron chi connectivity index (χ4n) is 4.57. The molecule has 2 bridgehead atoms. The molecule has 2 amide bonds. The summed E-state index contributed by atoms with van der Waals surface area (Å²) in [5.41, 5.74) is 5.82. The predicted molar refractivity (Wildman–Crippen MR) is 140 cm³/mol. The first kappa shape index (κ1) is 30.9. The van der Waals surface area contributed by atoms with E-state index in [0.717, 1.165) is 12.2 Å². The number of hydrogen-bond donors (Lipinski definition) is 4. The van der Waals surface area contributed by atoms with Crippen LogP contribution in [0.1, 0.15) is 41.0 Å². The maximum Gasteiger partial charge on any atom is 0.405 e. The van der Waals surface area contributed by atoms with Crippen LogP contribution in [0.5, 0.6) is 0 Å². The van der Waals surface area contributed by atoms with Gasteiger partial charge in [0.05, 0.1) is 24.0 Å². The molecule has 0 aromatic carbocycles. The van der Waals surface area contributed by atoms with E-state index in [9.17, 15) is 29.4 Å². The van der Waals surface area contributed by atoms with Crippen LogP contribution in [0.2, 0.25) is 0 Å². The van der Waals surface area contributed by atoms with Gasteiger partial charge in [0.1, 0.15) is 6.10 Å². The van der Waals surface area contributed by atoms with Crippen molar-refractivity contribution in [2.45, 2.75) is 65.5 Å². The first-order chi connectivity index (χ1) is 17.8. The number of carbonyl (C=O) groups excluding carboxylic acids is 4. The lowest BCUT2D eigenvalue weighted by molar-refractivity contribution is -0.120. The van der Waals surface area contributed by atoms with Gasteiger partial charge in [0, 0.05) is 36.2 Å². The number of amides is 2. The van der Waals surface area contributed by atoms with Crippen LogP contribution in [0.3, 0.4) is 0 Å². The molecule has 38 heavy (non-hydrogen) atoms. The number of ether oxygens (including phenoxy) is 2. The largest absolute Gasteiger partial charge is 0.441 e. The van der Waals surface area contributed by atoms with Gasteiger partial charge in [-0.2, -0.15) is 0 Å². The summed E-state index contributed by atoms with van der Waals surface area (Å²) in [6, 6.07) is 0. The maximum atomic E-state index is 13.1. The minimum atomic E-state index is -1.35. The summed E-state index contributed by atoms with van der Waals surface area (Å²) < 4.78 is 10.9. The number of aliphatic hydroxyl groups is 2. The summed E-state index contributed by atoms with van der Waals surface area (Å²) in [6.45, 7) is 8.55. The van der Waals surface area contributed by atoms with Crippen LogP contribution in [0.25, 0.3) is 0 Å². The van der Waals surface area contributed by atoms with Crippen LogP contribution >= 0.6 is 0 Å². The molecule has 7 atom stereocenters. The van der Waals surface area contributed by atoms with Crippen LogP contribution in [0.4, 0.5) is 4.79 Å². The fraction of sp³-hybridized carbons (Fsp3) is 0.500. The molecule has 10 heteroatoms. The second-order valence-corrected chi connectivity index (χ2v) is 9.99. The van der Waals surface area contributed by atoms with Crippen molar-refractivity contribution in [1.29, 1.82) is 0 Å².